The molecule has 0 saturated heterocycles. The highest BCUT2D eigenvalue weighted by Crippen LogP contribution is 2.19. The molecule has 4 aromatic rings. The van der Waals surface area contributed by atoms with Gasteiger partial charge in [-0.25, -0.2) is 4.79 Å². The second-order valence-electron chi connectivity index (χ2n) is 6.00. The molecule has 0 aliphatic carbocycles. The van der Waals surface area contributed by atoms with E-state index in [4.69, 9.17) is 9.15 Å². The summed E-state index contributed by atoms with van der Waals surface area (Å²) in [5.41, 5.74) is 0.824. The Balaban J connectivity index is 1.41. The fourth-order valence-corrected chi connectivity index (χ4v) is 2.71. The van der Waals surface area contributed by atoms with E-state index in [0.29, 0.717) is 16.5 Å². The first-order valence-corrected chi connectivity index (χ1v) is 8.58. The normalized spacial score (nSPS) is 10.6. The van der Waals surface area contributed by atoms with Crippen LogP contribution in [0.1, 0.15) is 10.4 Å². The van der Waals surface area contributed by atoms with Gasteiger partial charge in [0, 0.05) is 22.5 Å². The van der Waals surface area contributed by atoms with Crippen LogP contribution in [0.5, 0.6) is 0 Å². The molecule has 0 unspecified atom stereocenters. The summed E-state index contributed by atoms with van der Waals surface area (Å²) in [6.07, 6.45) is 0. The molecule has 0 bridgehead atoms. The van der Waals surface area contributed by atoms with Crippen LogP contribution >= 0.6 is 0 Å². The van der Waals surface area contributed by atoms with Gasteiger partial charge in [-0.05, 0) is 18.2 Å². The zero-order valence-electron chi connectivity index (χ0n) is 14.9. The van der Waals surface area contributed by atoms with Crippen molar-refractivity contribution in [3.05, 3.63) is 76.6 Å². The molecular weight excluding hydrogens is 376 g/mol. The van der Waals surface area contributed by atoms with Gasteiger partial charge >= 0.3 is 12.0 Å². The molecule has 1 amide bonds. The molecule has 2 heterocycles. The van der Waals surface area contributed by atoms with Crippen LogP contribution in [-0.4, -0.2) is 33.7 Å². The maximum Gasteiger partial charge on any atom is 0.339 e. The summed E-state index contributed by atoms with van der Waals surface area (Å²) >= 11 is 0. The highest BCUT2D eigenvalue weighted by molar-refractivity contribution is 6.04. The van der Waals surface area contributed by atoms with Gasteiger partial charge in [-0.1, -0.05) is 41.5 Å². The summed E-state index contributed by atoms with van der Waals surface area (Å²) in [5.74, 6) is -1.21. The summed E-state index contributed by atoms with van der Waals surface area (Å²) in [4.78, 5) is 38.8. The van der Waals surface area contributed by atoms with Crippen molar-refractivity contribution in [3.63, 3.8) is 0 Å². The molecule has 0 spiro atoms. The Labute approximate surface area is 163 Å². The third-order valence-corrected chi connectivity index (χ3v) is 4.00. The van der Waals surface area contributed by atoms with Crippen molar-refractivity contribution in [2.24, 2.45) is 0 Å². The van der Waals surface area contributed by atoms with Crippen LogP contribution in [-0.2, 0) is 9.53 Å². The van der Waals surface area contributed by atoms with Gasteiger partial charge in [0.15, 0.2) is 6.61 Å². The van der Waals surface area contributed by atoms with E-state index in [1.807, 2.05) is 18.2 Å². The molecular formula is C20H14N4O5. The van der Waals surface area contributed by atoms with Crippen LogP contribution in [0, 0.1) is 0 Å². The summed E-state index contributed by atoms with van der Waals surface area (Å²) in [6.45, 7) is -0.580. The van der Waals surface area contributed by atoms with Gasteiger partial charge in [0.05, 0.1) is 5.56 Å². The van der Waals surface area contributed by atoms with E-state index in [9.17, 15) is 14.4 Å². The molecule has 0 saturated carbocycles. The number of amides is 1. The van der Waals surface area contributed by atoms with Crippen LogP contribution < -0.4 is 10.9 Å². The van der Waals surface area contributed by atoms with Gasteiger partial charge in [-0.15, -0.1) is 5.10 Å². The average molecular weight is 390 g/mol. The number of pyridine rings is 1. The van der Waals surface area contributed by atoms with Crippen molar-refractivity contribution in [1.29, 1.82) is 0 Å². The van der Waals surface area contributed by atoms with E-state index in [1.54, 1.807) is 36.4 Å². The second-order valence-corrected chi connectivity index (χ2v) is 6.00. The number of nitrogens with zero attached hydrogens (tertiary/aromatic N) is 2. The van der Waals surface area contributed by atoms with Crippen LogP contribution in [0.15, 0.2) is 69.9 Å². The van der Waals surface area contributed by atoms with Crippen LogP contribution in [0.2, 0.25) is 0 Å². The Morgan fingerprint density at radius 2 is 1.79 bits per heavy atom. The van der Waals surface area contributed by atoms with E-state index in [2.05, 4.69) is 20.5 Å². The lowest BCUT2D eigenvalue weighted by Gasteiger charge is -2.06. The lowest BCUT2D eigenvalue weighted by atomic mass is 10.1. The number of hydrogen-bond acceptors (Lipinski definition) is 7. The number of anilines is 1. The molecule has 29 heavy (non-hydrogen) atoms. The number of aromatic amines is 1. The summed E-state index contributed by atoms with van der Waals surface area (Å²) in [6, 6.07) is 16.9. The van der Waals surface area contributed by atoms with Crippen LogP contribution in [0.3, 0.4) is 0 Å². The average Bonchev–Trinajstić information content (AvgIpc) is 3.20. The monoisotopic (exact) mass is 390 g/mol. The van der Waals surface area contributed by atoms with Crippen LogP contribution in [0.25, 0.3) is 22.4 Å². The Bertz CT molecular complexity index is 1250. The van der Waals surface area contributed by atoms with Gasteiger partial charge in [-0.2, -0.15) is 0 Å². The zero-order chi connectivity index (χ0) is 20.2. The highest BCUT2D eigenvalue weighted by Gasteiger charge is 2.16. The number of nitrogens with one attached hydrogen (secondary N) is 2. The molecule has 4 rings (SSSR count). The first-order valence-electron chi connectivity index (χ1n) is 8.58. The molecule has 0 aliphatic heterocycles. The number of carbonyl (C=O) groups is 2. The molecule has 144 valence electrons. The summed E-state index contributed by atoms with van der Waals surface area (Å²) in [7, 11) is 0. The Hall–Kier alpha value is -4.27. The smallest absolute Gasteiger partial charge is 0.339 e. The molecule has 0 radical (unpaired) electrons. The topological polar surface area (TPSA) is 127 Å². The third-order valence-electron chi connectivity index (χ3n) is 4.00. The SMILES string of the molecule is O=C(COC(=O)c1cc(=O)[nH]c2ccccc12)Nc1nnc(-c2ccccc2)o1. The third kappa shape index (κ3) is 4.03. The number of rotatable bonds is 5. The number of H-pyrrole nitrogens is 1. The van der Waals surface area contributed by atoms with Crippen molar-refractivity contribution in [1.82, 2.24) is 15.2 Å². The lowest BCUT2D eigenvalue weighted by molar-refractivity contribution is -0.119. The first-order chi connectivity index (χ1) is 14.1. The molecule has 2 aromatic heterocycles. The van der Waals surface area contributed by atoms with Gasteiger partial charge in [0.25, 0.3) is 5.91 Å². The quantitative estimate of drug-likeness (QED) is 0.501. The minimum atomic E-state index is -0.794. The first kappa shape index (κ1) is 18.1. The number of para-hydroxylation sites is 1. The van der Waals surface area contributed by atoms with Crippen LogP contribution in [0.4, 0.5) is 6.01 Å². The number of fused-ring (bicyclic) bond motifs is 1. The second kappa shape index (κ2) is 7.77. The molecule has 0 aliphatic rings. The molecule has 2 N–H and O–H groups in total. The van der Waals surface area contributed by atoms with Crippen molar-refractivity contribution in [2.75, 3.05) is 11.9 Å². The number of hydrogen-bond donors (Lipinski definition) is 2. The van der Waals surface area contributed by atoms with E-state index < -0.39 is 24.0 Å². The summed E-state index contributed by atoms with van der Waals surface area (Å²) in [5, 5.41) is 10.5. The molecule has 0 fully saturated rings. The van der Waals surface area contributed by atoms with E-state index in [1.165, 1.54) is 0 Å². The highest BCUT2D eigenvalue weighted by atomic mass is 16.5. The standard InChI is InChI=1S/C20H14N4O5/c25-16-10-14(13-8-4-5-9-15(13)21-16)19(27)28-11-17(26)22-20-24-23-18(29-20)12-6-2-1-3-7-12/h1-10H,11H2,(H,21,25)(H,22,24,26). The van der Waals surface area contributed by atoms with Gasteiger partial charge in [-0.3, -0.25) is 14.9 Å². The zero-order valence-corrected chi connectivity index (χ0v) is 14.9. The predicted molar refractivity (Wildman–Crippen MR) is 103 cm³/mol. The Morgan fingerprint density at radius 3 is 2.62 bits per heavy atom. The lowest BCUT2D eigenvalue weighted by Crippen LogP contribution is -2.22. The maximum atomic E-state index is 12.4. The van der Waals surface area contributed by atoms with Crippen molar-refractivity contribution < 1.29 is 18.7 Å². The minimum Gasteiger partial charge on any atom is -0.452 e. The van der Waals surface area contributed by atoms with Gasteiger partial charge in [0.2, 0.25) is 11.4 Å². The van der Waals surface area contributed by atoms with E-state index >= 15 is 0 Å². The number of ether oxygens (including phenoxy) is 1. The molecule has 0 atom stereocenters. The maximum absolute atomic E-state index is 12.4. The molecule has 2 aromatic carbocycles. The number of aromatic nitrogens is 3. The number of benzene rings is 2. The molecule has 9 heteroatoms. The largest absolute Gasteiger partial charge is 0.452 e. The predicted octanol–water partition coefficient (Wildman–Crippen LogP) is 2.37. The van der Waals surface area contributed by atoms with Crippen molar-refractivity contribution in [3.8, 4) is 11.5 Å². The van der Waals surface area contributed by atoms with Crippen molar-refractivity contribution >= 4 is 28.8 Å². The summed E-state index contributed by atoms with van der Waals surface area (Å²) < 4.78 is 10.4. The van der Waals surface area contributed by atoms with Gasteiger partial charge < -0.3 is 14.1 Å². The van der Waals surface area contributed by atoms with Gasteiger partial charge in [0.1, 0.15) is 0 Å². The number of carbonyl (C=O) groups excluding carboxylic acids is 2. The fourth-order valence-electron chi connectivity index (χ4n) is 2.71. The minimum absolute atomic E-state index is 0.0707. The Morgan fingerprint density at radius 1 is 1.03 bits per heavy atom. The van der Waals surface area contributed by atoms with E-state index in [-0.39, 0.29) is 17.5 Å². The number of esters is 1. The fraction of sp³-hybridized carbons (Fsp3) is 0.0500. The molecule has 9 nitrogen and oxygen atoms in total. The van der Waals surface area contributed by atoms with E-state index in [0.717, 1.165) is 6.07 Å². The van der Waals surface area contributed by atoms with Crippen molar-refractivity contribution in [2.45, 2.75) is 0 Å². The Kier molecular flexibility index (Phi) is 4.85.